The third kappa shape index (κ3) is 3.01. The third-order valence-corrected chi connectivity index (χ3v) is 3.71. The minimum Gasteiger partial charge on any atom is -0.497 e. The van der Waals surface area contributed by atoms with Gasteiger partial charge in [0, 0.05) is 17.8 Å². The van der Waals surface area contributed by atoms with Gasteiger partial charge < -0.3 is 14.5 Å². The smallest absolute Gasteiger partial charge is 0.291 e. The fourth-order valence-corrected chi connectivity index (χ4v) is 2.61. The predicted molar refractivity (Wildman–Crippen MR) is 92.9 cm³/mol. The van der Waals surface area contributed by atoms with Crippen molar-refractivity contribution in [1.29, 1.82) is 0 Å². The van der Waals surface area contributed by atoms with Gasteiger partial charge in [0.25, 0.3) is 5.91 Å². The Bertz CT molecular complexity index is 988. The summed E-state index contributed by atoms with van der Waals surface area (Å²) >= 11 is 0. The van der Waals surface area contributed by atoms with Crippen LogP contribution in [-0.4, -0.2) is 13.0 Å². The van der Waals surface area contributed by atoms with Crippen molar-refractivity contribution >= 4 is 22.6 Å². The number of anilines is 1. The average Bonchev–Trinajstić information content (AvgIpc) is 2.55. The largest absolute Gasteiger partial charge is 0.497 e. The van der Waals surface area contributed by atoms with Gasteiger partial charge in [-0.15, -0.1) is 0 Å². The average molecular weight is 323 g/mol. The van der Waals surface area contributed by atoms with E-state index in [0.29, 0.717) is 22.4 Å². The van der Waals surface area contributed by atoms with Crippen molar-refractivity contribution < 1.29 is 13.9 Å². The van der Waals surface area contributed by atoms with E-state index in [2.05, 4.69) is 5.32 Å². The molecule has 24 heavy (non-hydrogen) atoms. The maximum atomic E-state index is 12.4. The molecule has 1 aromatic heterocycles. The number of nitrogens with one attached hydrogen (secondary N) is 1. The van der Waals surface area contributed by atoms with E-state index in [4.69, 9.17) is 9.15 Å². The number of fused-ring (bicyclic) bond motifs is 1. The number of methoxy groups -OCH3 is 1. The highest BCUT2D eigenvalue weighted by molar-refractivity contribution is 6.03. The highest BCUT2D eigenvalue weighted by Crippen LogP contribution is 2.21. The molecule has 5 nitrogen and oxygen atoms in total. The van der Waals surface area contributed by atoms with E-state index in [1.54, 1.807) is 37.4 Å². The third-order valence-electron chi connectivity index (χ3n) is 3.71. The van der Waals surface area contributed by atoms with Crippen LogP contribution in [0.25, 0.3) is 11.0 Å². The lowest BCUT2D eigenvalue weighted by molar-refractivity contribution is 0.0997. The molecule has 3 rings (SSSR count). The van der Waals surface area contributed by atoms with Crippen LogP contribution in [0, 0.1) is 13.8 Å². The molecule has 0 bridgehead atoms. The van der Waals surface area contributed by atoms with Crippen LogP contribution in [-0.2, 0) is 0 Å². The molecule has 0 saturated carbocycles. The van der Waals surface area contributed by atoms with Gasteiger partial charge in [0.15, 0.2) is 11.2 Å². The van der Waals surface area contributed by atoms with Gasteiger partial charge in [-0.25, -0.2) is 0 Å². The van der Waals surface area contributed by atoms with Gasteiger partial charge in [0.1, 0.15) is 11.3 Å². The van der Waals surface area contributed by atoms with E-state index < -0.39 is 5.91 Å². The summed E-state index contributed by atoms with van der Waals surface area (Å²) in [4.78, 5) is 24.7. The molecule has 3 aromatic rings. The summed E-state index contributed by atoms with van der Waals surface area (Å²) in [5.41, 5.74) is 2.55. The Morgan fingerprint density at radius 3 is 2.67 bits per heavy atom. The van der Waals surface area contributed by atoms with Gasteiger partial charge >= 0.3 is 0 Å². The second-order valence-corrected chi connectivity index (χ2v) is 5.62. The summed E-state index contributed by atoms with van der Waals surface area (Å²) in [6, 6.07) is 11.8. The molecule has 0 spiro atoms. The Kier molecular flexibility index (Phi) is 4.08. The molecule has 5 heteroatoms. The zero-order valence-corrected chi connectivity index (χ0v) is 13.7. The Morgan fingerprint density at radius 2 is 1.92 bits per heavy atom. The van der Waals surface area contributed by atoms with Crippen LogP contribution in [0.2, 0.25) is 0 Å². The van der Waals surface area contributed by atoms with Crippen LogP contribution in [0.4, 0.5) is 5.69 Å². The summed E-state index contributed by atoms with van der Waals surface area (Å²) in [7, 11) is 1.55. The molecule has 0 saturated heterocycles. The van der Waals surface area contributed by atoms with Crippen LogP contribution in [0.15, 0.2) is 51.7 Å². The lowest BCUT2D eigenvalue weighted by Gasteiger charge is -2.08. The molecule has 0 aliphatic rings. The summed E-state index contributed by atoms with van der Waals surface area (Å²) in [6.07, 6.45) is 0. The zero-order valence-electron chi connectivity index (χ0n) is 13.7. The molecule has 0 atom stereocenters. The van der Waals surface area contributed by atoms with Crippen molar-refractivity contribution in [1.82, 2.24) is 0 Å². The standard InChI is InChI=1S/C19H17NO4/c1-11-7-12(2)18-15(8-11)16(21)10-17(24-18)19(22)20-13-5-4-6-14(9-13)23-3/h4-10H,1-3H3,(H,20,22). The maximum absolute atomic E-state index is 12.4. The molecule has 0 aliphatic carbocycles. The Morgan fingerprint density at radius 1 is 1.12 bits per heavy atom. The van der Waals surface area contributed by atoms with Crippen molar-refractivity contribution in [3.8, 4) is 5.75 Å². The molecule has 0 fully saturated rings. The Labute approximate surface area is 138 Å². The second kappa shape index (κ2) is 6.20. The molecule has 1 amide bonds. The minimum atomic E-state index is -0.484. The number of hydrogen-bond acceptors (Lipinski definition) is 4. The lowest BCUT2D eigenvalue weighted by Crippen LogP contribution is -2.15. The number of aryl methyl sites for hydroxylation is 2. The molecule has 122 valence electrons. The first kappa shape index (κ1) is 15.8. The van der Waals surface area contributed by atoms with Crippen LogP contribution < -0.4 is 15.5 Å². The van der Waals surface area contributed by atoms with Gasteiger partial charge in [-0.2, -0.15) is 0 Å². The van der Waals surface area contributed by atoms with Crippen molar-refractivity contribution in [2.24, 2.45) is 0 Å². The molecule has 2 aromatic carbocycles. The van der Waals surface area contributed by atoms with E-state index in [-0.39, 0.29) is 11.2 Å². The Hall–Kier alpha value is -3.08. The summed E-state index contributed by atoms with van der Waals surface area (Å²) < 4.78 is 10.8. The first-order chi connectivity index (χ1) is 11.5. The normalized spacial score (nSPS) is 10.6. The summed E-state index contributed by atoms with van der Waals surface area (Å²) in [5.74, 6) is 0.114. The van der Waals surface area contributed by atoms with E-state index in [0.717, 1.165) is 11.1 Å². The number of carbonyl (C=O) groups is 1. The highest BCUT2D eigenvalue weighted by atomic mass is 16.5. The number of benzene rings is 2. The second-order valence-electron chi connectivity index (χ2n) is 5.62. The van der Waals surface area contributed by atoms with Crippen molar-refractivity contribution in [3.63, 3.8) is 0 Å². The van der Waals surface area contributed by atoms with Crippen LogP contribution in [0.1, 0.15) is 21.7 Å². The van der Waals surface area contributed by atoms with E-state index in [9.17, 15) is 9.59 Å². The van der Waals surface area contributed by atoms with Gasteiger partial charge in [-0.1, -0.05) is 12.1 Å². The molecule has 0 unspecified atom stereocenters. The minimum absolute atomic E-state index is 0.0257. The van der Waals surface area contributed by atoms with Crippen LogP contribution in [0.3, 0.4) is 0 Å². The van der Waals surface area contributed by atoms with Gasteiger partial charge in [0.2, 0.25) is 0 Å². The molecule has 0 radical (unpaired) electrons. The quantitative estimate of drug-likeness (QED) is 0.798. The van der Waals surface area contributed by atoms with Crippen LogP contribution in [0.5, 0.6) is 5.75 Å². The fraction of sp³-hybridized carbons (Fsp3) is 0.158. The van der Waals surface area contributed by atoms with Crippen molar-refractivity contribution in [2.45, 2.75) is 13.8 Å². The van der Waals surface area contributed by atoms with Gasteiger partial charge in [0.05, 0.1) is 12.5 Å². The maximum Gasteiger partial charge on any atom is 0.291 e. The summed E-state index contributed by atoms with van der Waals surface area (Å²) in [5, 5.41) is 3.18. The molecular formula is C19H17NO4. The van der Waals surface area contributed by atoms with E-state index >= 15 is 0 Å². The van der Waals surface area contributed by atoms with Crippen LogP contribution >= 0.6 is 0 Å². The zero-order chi connectivity index (χ0) is 17.3. The number of ether oxygens (including phenoxy) is 1. The predicted octanol–water partition coefficient (Wildman–Crippen LogP) is 3.67. The topological polar surface area (TPSA) is 68.5 Å². The van der Waals surface area contributed by atoms with E-state index in [1.807, 2.05) is 19.9 Å². The summed E-state index contributed by atoms with van der Waals surface area (Å²) in [6.45, 7) is 3.76. The van der Waals surface area contributed by atoms with E-state index in [1.165, 1.54) is 6.07 Å². The molecule has 1 heterocycles. The number of carbonyl (C=O) groups excluding carboxylic acids is 1. The number of hydrogen-bond donors (Lipinski definition) is 1. The van der Waals surface area contributed by atoms with Crippen molar-refractivity contribution in [3.05, 3.63) is 69.6 Å². The highest BCUT2D eigenvalue weighted by Gasteiger charge is 2.14. The molecule has 0 aliphatic heterocycles. The van der Waals surface area contributed by atoms with Gasteiger partial charge in [-0.05, 0) is 43.2 Å². The lowest BCUT2D eigenvalue weighted by atomic mass is 10.1. The van der Waals surface area contributed by atoms with Gasteiger partial charge in [-0.3, -0.25) is 9.59 Å². The first-order valence-corrected chi connectivity index (χ1v) is 7.48. The first-order valence-electron chi connectivity index (χ1n) is 7.48. The molecule has 1 N–H and O–H groups in total. The SMILES string of the molecule is COc1cccc(NC(=O)c2cc(=O)c3cc(C)cc(C)c3o2)c1. The molecular weight excluding hydrogens is 306 g/mol. The number of amides is 1. The Balaban J connectivity index is 1.99. The number of rotatable bonds is 3. The van der Waals surface area contributed by atoms with Crippen molar-refractivity contribution in [2.75, 3.05) is 12.4 Å². The fourth-order valence-electron chi connectivity index (χ4n) is 2.61. The monoisotopic (exact) mass is 323 g/mol.